The Labute approximate surface area is 137 Å². The highest BCUT2D eigenvalue weighted by molar-refractivity contribution is 6.33. The first kappa shape index (κ1) is 15.3. The fourth-order valence-corrected chi connectivity index (χ4v) is 2.92. The molecule has 0 radical (unpaired) electrons. The number of aliphatic hydroxyl groups is 2. The highest BCUT2D eigenvalue weighted by Crippen LogP contribution is 2.28. The molecule has 114 valence electrons. The van der Waals surface area contributed by atoms with E-state index in [4.69, 9.17) is 23.2 Å². The van der Waals surface area contributed by atoms with Gasteiger partial charge in [0.2, 0.25) is 0 Å². The molecule has 4 nitrogen and oxygen atoms in total. The molecule has 1 aromatic heterocycles. The van der Waals surface area contributed by atoms with Gasteiger partial charge >= 0.3 is 0 Å². The van der Waals surface area contributed by atoms with Crippen LogP contribution in [0.3, 0.4) is 0 Å². The number of hydrogen-bond donors (Lipinski definition) is 2. The summed E-state index contributed by atoms with van der Waals surface area (Å²) in [6.45, 7) is 0.0289. The zero-order valence-corrected chi connectivity index (χ0v) is 13.1. The maximum absolute atomic E-state index is 10.5. The molecule has 3 aromatic rings. The van der Waals surface area contributed by atoms with Crippen molar-refractivity contribution < 1.29 is 10.2 Å². The molecule has 0 saturated carbocycles. The van der Waals surface area contributed by atoms with Gasteiger partial charge < -0.3 is 14.8 Å². The second kappa shape index (κ2) is 6.26. The van der Waals surface area contributed by atoms with Crippen LogP contribution in [-0.4, -0.2) is 19.8 Å². The summed E-state index contributed by atoms with van der Waals surface area (Å²) in [4.78, 5) is 4.36. The van der Waals surface area contributed by atoms with E-state index in [0.29, 0.717) is 21.4 Å². The quantitative estimate of drug-likeness (QED) is 0.765. The van der Waals surface area contributed by atoms with Gasteiger partial charge in [-0.3, -0.25) is 0 Å². The third-order valence-electron chi connectivity index (χ3n) is 3.55. The third-order valence-corrected chi connectivity index (χ3v) is 4.13. The minimum Gasteiger partial charge on any atom is -0.388 e. The third kappa shape index (κ3) is 2.83. The van der Waals surface area contributed by atoms with Gasteiger partial charge in [-0.1, -0.05) is 35.3 Å². The predicted molar refractivity (Wildman–Crippen MR) is 87.1 cm³/mol. The summed E-state index contributed by atoms with van der Waals surface area (Å²) in [6, 6.07) is 12.5. The number of rotatable bonds is 4. The fourth-order valence-electron chi connectivity index (χ4n) is 2.49. The zero-order valence-electron chi connectivity index (χ0n) is 11.6. The maximum atomic E-state index is 10.5. The van der Waals surface area contributed by atoms with Crippen LogP contribution in [0.1, 0.15) is 17.5 Å². The molecule has 1 atom stereocenters. The lowest BCUT2D eigenvalue weighted by Crippen LogP contribution is -2.12. The topological polar surface area (TPSA) is 58.3 Å². The van der Waals surface area contributed by atoms with Crippen molar-refractivity contribution in [1.82, 2.24) is 9.55 Å². The van der Waals surface area contributed by atoms with Crippen LogP contribution in [-0.2, 0) is 13.2 Å². The van der Waals surface area contributed by atoms with Crippen LogP contribution in [0.2, 0.25) is 10.0 Å². The van der Waals surface area contributed by atoms with Gasteiger partial charge in [-0.25, -0.2) is 4.98 Å². The molecule has 0 fully saturated rings. The first-order chi connectivity index (χ1) is 10.6. The largest absolute Gasteiger partial charge is 0.388 e. The Morgan fingerprint density at radius 3 is 2.68 bits per heavy atom. The minimum atomic E-state index is -0.853. The molecule has 6 heteroatoms. The van der Waals surface area contributed by atoms with E-state index >= 15 is 0 Å². The van der Waals surface area contributed by atoms with Crippen LogP contribution >= 0.6 is 23.2 Å². The van der Waals surface area contributed by atoms with Gasteiger partial charge in [0.05, 0.1) is 23.7 Å². The average molecular weight is 337 g/mol. The standard InChI is InChI=1S/C16H14Cl2N2O2/c17-10-5-6-12(18)11(7-10)15(22)8-20-14-4-2-1-3-13(14)19-16(20)9-21/h1-7,15,21-22H,8-9H2/t15-/m1/s1. The lowest BCUT2D eigenvalue weighted by atomic mass is 10.1. The fraction of sp³-hybridized carbons (Fsp3) is 0.188. The molecule has 1 heterocycles. The summed E-state index contributed by atoms with van der Waals surface area (Å²) in [5.74, 6) is 0.499. The summed E-state index contributed by atoms with van der Waals surface area (Å²) in [5, 5.41) is 21.0. The summed E-state index contributed by atoms with van der Waals surface area (Å²) in [7, 11) is 0. The second-order valence-electron chi connectivity index (χ2n) is 4.97. The first-order valence-corrected chi connectivity index (χ1v) is 7.53. The number of hydrogen-bond acceptors (Lipinski definition) is 3. The number of fused-ring (bicyclic) bond motifs is 1. The highest BCUT2D eigenvalue weighted by Gasteiger charge is 2.17. The van der Waals surface area contributed by atoms with E-state index in [0.717, 1.165) is 11.0 Å². The van der Waals surface area contributed by atoms with Gasteiger partial charge in [0, 0.05) is 15.6 Å². The SMILES string of the molecule is OCc1nc2ccccc2n1C[C@@H](O)c1cc(Cl)ccc1Cl. The molecule has 0 aliphatic rings. The van der Waals surface area contributed by atoms with Gasteiger partial charge in [-0.2, -0.15) is 0 Å². The number of aromatic nitrogens is 2. The summed E-state index contributed by atoms with van der Waals surface area (Å²) < 4.78 is 1.79. The van der Waals surface area contributed by atoms with Crippen LogP contribution in [0.25, 0.3) is 11.0 Å². The minimum absolute atomic E-state index is 0.204. The van der Waals surface area contributed by atoms with Crippen molar-refractivity contribution in [3.8, 4) is 0 Å². The molecule has 3 rings (SSSR count). The summed E-state index contributed by atoms with van der Waals surface area (Å²) >= 11 is 12.1. The number of benzene rings is 2. The van der Waals surface area contributed by atoms with Crippen molar-refractivity contribution in [3.63, 3.8) is 0 Å². The molecule has 2 aromatic carbocycles. The van der Waals surface area contributed by atoms with Crippen LogP contribution < -0.4 is 0 Å². The van der Waals surface area contributed by atoms with E-state index in [1.54, 1.807) is 22.8 Å². The summed E-state index contributed by atoms with van der Waals surface area (Å²) in [6.07, 6.45) is -0.853. The first-order valence-electron chi connectivity index (χ1n) is 6.78. The average Bonchev–Trinajstić information content (AvgIpc) is 2.87. The van der Waals surface area contributed by atoms with E-state index in [1.165, 1.54) is 0 Å². The lowest BCUT2D eigenvalue weighted by Gasteiger charge is -2.16. The Bertz CT molecular complexity index is 817. The van der Waals surface area contributed by atoms with Crippen LogP contribution in [0.5, 0.6) is 0 Å². The molecule has 0 unspecified atom stereocenters. The molecule has 0 spiro atoms. The van der Waals surface area contributed by atoms with Gasteiger partial charge in [-0.15, -0.1) is 0 Å². The van der Waals surface area contributed by atoms with Gasteiger partial charge in [0.25, 0.3) is 0 Å². The molecule has 2 N–H and O–H groups in total. The van der Waals surface area contributed by atoms with Crippen molar-refractivity contribution in [2.24, 2.45) is 0 Å². The van der Waals surface area contributed by atoms with E-state index in [-0.39, 0.29) is 13.2 Å². The monoisotopic (exact) mass is 336 g/mol. The van der Waals surface area contributed by atoms with Crippen molar-refractivity contribution in [2.45, 2.75) is 19.3 Å². The van der Waals surface area contributed by atoms with Crippen molar-refractivity contribution >= 4 is 34.2 Å². The number of imidazole rings is 1. The highest BCUT2D eigenvalue weighted by atomic mass is 35.5. The van der Waals surface area contributed by atoms with Gasteiger partial charge in [-0.05, 0) is 30.3 Å². The van der Waals surface area contributed by atoms with Crippen LogP contribution in [0, 0.1) is 0 Å². The Morgan fingerprint density at radius 2 is 1.91 bits per heavy atom. The molecule has 0 amide bonds. The van der Waals surface area contributed by atoms with E-state index in [9.17, 15) is 10.2 Å². The Balaban J connectivity index is 2.00. The van der Waals surface area contributed by atoms with E-state index in [1.807, 2.05) is 24.3 Å². The number of aliphatic hydroxyl groups excluding tert-OH is 2. The van der Waals surface area contributed by atoms with Crippen LogP contribution in [0.15, 0.2) is 42.5 Å². The predicted octanol–water partition coefficient (Wildman–Crippen LogP) is 3.57. The second-order valence-corrected chi connectivity index (χ2v) is 5.81. The van der Waals surface area contributed by atoms with Crippen molar-refractivity contribution in [2.75, 3.05) is 0 Å². The maximum Gasteiger partial charge on any atom is 0.135 e. The Hall–Kier alpha value is -1.59. The van der Waals surface area contributed by atoms with E-state index in [2.05, 4.69) is 4.98 Å². The number of nitrogens with zero attached hydrogens (tertiary/aromatic N) is 2. The molecule has 0 saturated heterocycles. The summed E-state index contributed by atoms with van der Waals surface area (Å²) in [5.41, 5.74) is 2.18. The molecule has 0 aliphatic heterocycles. The van der Waals surface area contributed by atoms with Crippen molar-refractivity contribution in [1.29, 1.82) is 0 Å². The van der Waals surface area contributed by atoms with E-state index < -0.39 is 6.10 Å². The Morgan fingerprint density at radius 1 is 1.14 bits per heavy atom. The zero-order chi connectivity index (χ0) is 15.7. The molecule has 0 aliphatic carbocycles. The number of halogens is 2. The van der Waals surface area contributed by atoms with Crippen molar-refractivity contribution in [3.05, 3.63) is 63.9 Å². The van der Waals surface area contributed by atoms with Gasteiger partial charge in [0.1, 0.15) is 12.4 Å². The Kier molecular flexibility index (Phi) is 4.36. The molecule has 0 bridgehead atoms. The molecular weight excluding hydrogens is 323 g/mol. The molecular formula is C16H14Cl2N2O2. The normalized spacial score (nSPS) is 12.7. The lowest BCUT2D eigenvalue weighted by molar-refractivity contribution is 0.153. The smallest absolute Gasteiger partial charge is 0.135 e. The van der Waals surface area contributed by atoms with Crippen LogP contribution in [0.4, 0.5) is 0 Å². The number of para-hydroxylation sites is 2. The molecule has 22 heavy (non-hydrogen) atoms. The van der Waals surface area contributed by atoms with Gasteiger partial charge in [0.15, 0.2) is 0 Å².